The second-order valence-electron chi connectivity index (χ2n) is 3.87. The summed E-state index contributed by atoms with van der Waals surface area (Å²) >= 11 is 6.50. The summed E-state index contributed by atoms with van der Waals surface area (Å²) in [5.41, 5.74) is 5.36. The van der Waals surface area contributed by atoms with Crippen molar-refractivity contribution >= 4 is 39.9 Å². The van der Waals surface area contributed by atoms with E-state index >= 15 is 0 Å². The van der Waals surface area contributed by atoms with E-state index in [1.165, 1.54) is 36.0 Å². The molecule has 0 unspecified atom stereocenters. The summed E-state index contributed by atoms with van der Waals surface area (Å²) in [4.78, 5) is 21.7. The molecule has 1 rings (SSSR count). The first kappa shape index (κ1) is 16.4. The molecule has 108 valence electrons. The van der Waals surface area contributed by atoms with Gasteiger partial charge in [0.1, 0.15) is 0 Å². The maximum atomic E-state index is 11.7. The number of benzene rings is 1. The van der Waals surface area contributed by atoms with Gasteiger partial charge in [-0.3, -0.25) is 25.8 Å². The van der Waals surface area contributed by atoms with Crippen molar-refractivity contribution in [1.29, 1.82) is 0 Å². The summed E-state index contributed by atoms with van der Waals surface area (Å²) in [6.07, 6.45) is 2.15. The highest BCUT2D eigenvalue weighted by Crippen LogP contribution is 2.11. The standard InChI is InChI=1S/C12H15N3O3S2/c1-2-3-8-20-12(19)14-13-11(16)9-4-6-10(7-5-9)15(17)18/h4-7H,2-3,8H2,1H3,(H,13,16)(H,14,19). The number of nitrogens with one attached hydrogen (secondary N) is 2. The Balaban J connectivity index is 2.42. The lowest BCUT2D eigenvalue weighted by atomic mass is 10.2. The Morgan fingerprint density at radius 1 is 1.35 bits per heavy atom. The van der Waals surface area contributed by atoms with Gasteiger partial charge in [-0.2, -0.15) is 0 Å². The van der Waals surface area contributed by atoms with Crippen LogP contribution in [0.5, 0.6) is 0 Å². The highest BCUT2D eigenvalue weighted by Gasteiger charge is 2.09. The van der Waals surface area contributed by atoms with Crippen LogP contribution < -0.4 is 10.9 Å². The number of unbranched alkanes of at least 4 members (excludes halogenated alkanes) is 1. The second kappa shape index (κ2) is 8.49. The van der Waals surface area contributed by atoms with Gasteiger partial charge < -0.3 is 0 Å². The fourth-order valence-corrected chi connectivity index (χ4v) is 2.30. The zero-order valence-corrected chi connectivity index (χ0v) is 12.6. The molecule has 0 bridgehead atoms. The quantitative estimate of drug-likeness (QED) is 0.376. The molecule has 0 saturated heterocycles. The van der Waals surface area contributed by atoms with E-state index in [9.17, 15) is 14.9 Å². The van der Waals surface area contributed by atoms with E-state index in [-0.39, 0.29) is 5.69 Å². The molecule has 0 saturated carbocycles. The van der Waals surface area contributed by atoms with Crippen LogP contribution in [0.4, 0.5) is 5.69 Å². The third kappa shape index (κ3) is 5.54. The summed E-state index contributed by atoms with van der Waals surface area (Å²) in [5.74, 6) is 0.508. The number of hydrogen-bond acceptors (Lipinski definition) is 5. The van der Waals surface area contributed by atoms with Gasteiger partial charge in [0.25, 0.3) is 11.6 Å². The Hall–Kier alpha value is -1.67. The van der Waals surface area contributed by atoms with Crippen LogP contribution in [0, 0.1) is 10.1 Å². The van der Waals surface area contributed by atoms with Gasteiger partial charge in [0.15, 0.2) is 4.32 Å². The maximum absolute atomic E-state index is 11.7. The zero-order valence-electron chi connectivity index (χ0n) is 10.9. The van der Waals surface area contributed by atoms with Crippen molar-refractivity contribution in [1.82, 2.24) is 10.9 Å². The van der Waals surface area contributed by atoms with E-state index in [1.807, 2.05) is 0 Å². The third-order valence-electron chi connectivity index (χ3n) is 2.35. The molecule has 0 aromatic heterocycles. The number of hydrogen-bond donors (Lipinski definition) is 2. The molecule has 1 aromatic carbocycles. The Kier molecular flexibility index (Phi) is 6.96. The molecule has 1 amide bonds. The molecule has 0 radical (unpaired) electrons. The SMILES string of the molecule is CCCCSC(=S)NNC(=O)c1ccc([N+](=O)[O-])cc1. The Labute approximate surface area is 126 Å². The molecule has 0 aliphatic heterocycles. The minimum Gasteiger partial charge on any atom is -0.283 e. The number of nitrogens with zero attached hydrogens (tertiary/aromatic N) is 1. The normalized spacial score (nSPS) is 9.85. The summed E-state index contributed by atoms with van der Waals surface area (Å²) in [7, 11) is 0. The van der Waals surface area contributed by atoms with Crippen LogP contribution in [-0.2, 0) is 0 Å². The zero-order chi connectivity index (χ0) is 15.0. The van der Waals surface area contributed by atoms with E-state index in [0.29, 0.717) is 9.88 Å². The predicted molar refractivity (Wildman–Crippen MR) is 83.7 cm³/mol. The topological polar surface area (TPSA) is 84.3 Å². The minimum absolute atomic E-state index is 0.0554. The number of rotatable bonds is 5. The van der Waals surface area contributed by atoms with Crippen molar-refractivity contribution in [2.75, 3.05) is 5.75 Å². The maximum Gasteiger partial charge on any atom is 0.269 e. The van der Waals surface area contributed by atoms with Crippen molar-refractivity contribution in [3.8, 4) is 0 Å². The van der Waals surface area contributed by atoms with Gasteiger partial charge in [-0.25, -0.2) is 0 Å². The van der Waals surface area contributed by atoms with Gasteiger partial charge in [0.2, 0.25) is 0 Å². The van der Waals surface area contributed by atoms with Crippen molar-refractivity contribution < 1.29 is 9.72 Å². The number of thioether (sulfide) groups is 1. The Bertz CT molecular complexity index is 491. The lowest BCUT2D eigenvalue weighted by molar-refractivity contribution is -0.384. The van der Waals surface area contributed by atoms with Crippen LogP contribution in [0.3, 0.4) is 0 Å². The second-order valence-corrected chi connectivity index (χ2v) is 5.64. The molecule has 0 aliphatic rings. The largest absolute Gasteiger partial charge is 0.283 e. The summed E-state index contributed by atoms with van der Waals surface area (Å²) in [6, 6.07) is 5.34. The molecule has 0 spiro atoms. The fourth-order valence-electron chi connectivity index (χ4n) is 1.26. The summed E-state index contributed by atoms with van der Waals surface area (Å²) in [6.45, 7) is 2.09. The summed E-state index contributed by atoms with van der Waals surface area (Å²) < 4.78 is 0.494. The third-order valence-corrected chi connectivity index (χ3v) is 3.66. The molecular formula is C12H15N3O3S2. The number of amides is 1. The van der Waals surface area contributed by atoms with E-state index < -0.39 is 10.8 Å². The molecule has 0 fully saturated rings. The molecule has 2 N–H and O–H groups in total. The van der Waals surface area contributed by atoms with Crippen molar-refractivity contribution in [2.45, 2.75) is 19.8 Å². The number of non-ortho nitro benzene ring substituents is 1. The highest BCUT2D eigenvalue weighted by molar-refractivity contribution is 8.22. The number of thiocarbonyl (C=S) groups is 1. The molecule has 0 heterocycles. The lowest BCUT2D eigenvalue weighted by Gasteiger charge is -2.08. The fraction of sp³-hybridized carbons (Fsp3) is 0.333. The van der Waals surface area contributed by atoms with Crippen molar-refractivity contribution in [3.05, 3.63) is 39.9 Å². The predicted octanol–water partition coefficient (Wildman–Crippen LogP) is 2.65. The van der Waals surface area contributed by atoms with Gasteiger partial charge in [0.05, 0.1) is 4.92 Å². The lowest BCUT2D eigenvalue weighted by Crippen LogP contribution is -2.39. The van der Waals surface area contributed by atoms with Crippen molar-refractivity contribution in [3.63, 3.8) is 0 Å². The van der Waals surface area contributed by atoms with Crippen LogP contribution in [0.25, 0.3) is 0 Å². The van der Waals surface area contributed by atoms with E-state index in [2.05, 4.69) is 17.8 Å². The number of nitro groups is 1. The minimum atomic E-state index is -0.514. The monoisotopic (exact) mass is 313 g/mol. The molecule has 0 aliphatic carbocycles. The first-order chi connectivity index (χ1) is 9.54. The Morgan fingerprint density at radius 3 is 2.55 bits per heavy atom. The first-order valence-electron chi connectivity index (χ1n) is 6.02. The van der Waals surface area contributed by atoms with Gasteiger partial charge in [-0.1, -0.05) is 37.3 Å². The molecule has 1 aromatic rings. The van der Waals surface area contributed by atoms with Gasteiger partial charge >= 0.3 is 0 Å². The van der Waals surface area contributed by atoms with E-state index in [1.54, 1.807) is 0 Å². The van der Waals surface area contributed by atoms with Crippen LogP contribution in [0.2, 0.25) is 0 Å². The molecule has 8 heteroatoms. The summed E-state index contributed by atoms with van der Waals surface area (Å²) in [5, 5.41) is 10.5. The van der Waals surface area contributed by atoms with Crippen LogP contribution in [0.15, 0.2) is 24.3 Å². The van der Waals surface area contributed by atoms with Gasteiger partial charge in [-0.15, -0.1) is 0 Å². The number of nitro benzene ring substituents is 1. The van der Waals surface area contributed by atoms with Crippen LogP contribution in [0.1, 0.15) is 30.1 Å². The molecular weight excluding hydrogens is 298 g/mol. The highest BCUT2D eigenvalue weighted by atomic mass is 32.2. The average molecular weight is 313 g/mol. The average Bonchev–Trinajstić information content (AvgIpc) is 2.45. The Morgan fingerprint density at radius 2 is 2.00 bits per heavy atom. The van der Waals surface area contributed by atoms with E-state index in [0.717, 1.165) is 18.6 Å². The number of carbonyl (C=O) groups excluding carboxylic acids is 1. The first-order valence-corrected chi connectivity index (χ1v) is 7.41. The van der Waals surface area contributed by atoms with Crippen LogP contribution >= 0.6 is 24.0 Å². The smallest absolute Gasteiger partial charge is 0.269 e. The van der Waals surface area contributed by atoms with Crippen LogP contribution in [-0.4, -0.2) is 20.9 Å². The van der Waals surface area contributed by atoms with E-state index in [4.69, 9.17) is 12.2 Å². The molecule has 6 nitrogen and oxygen atoms in total. The number of hydrazine groups is 1. The van der Waals surface area contributed by atoms with Gasteiger partial charge in [-0.05, 0) is 18.6 Å². The molecule has 20 heavy (non-hydrogen) atoms. The molecule has 0 atom stereocenters. The number of carbonyl (C=O) groups is 1. The van der Waals surface area contributed by atoms with Crippen molar-refractivity contribution in [2.24, 2.45) is 0 Å². The van der Waals surface area contributed by atoms with Gasteiger partial charge in [0, 0.05) is 23.4 Å².